The lowest BCUT2D eigenvalue weighted by Crippen LogP contribution is -2.36. The van der Waals surface area contributed by atoms with E-state index >= 15 is 0 Å². The molecule has 146 valence electrons. The minimum atomic E-state index is -0.976. The summed E-state index contributed by atoms with van der Waals surface area (Å²) >= 11 is 0. The number of fused-ring (bicyclic) bond motifs is 1. The van der Waals surface area contributed by atoms with Gasteiger partial charge < -0.3 is 24.6 Å². The Morgan fingerprint density at radius 1 is 1.18 bits per heavy atom. The van der Waals surface area contributed by atoms with Gasteiger partial charge in [-0.15, -0.1) is 0 Å². The third kappa shape index (κ3) is 3.53. The summed E-state index contributed by atoms with van der Waals surface area (Å²) in [6.45, 7) is 8.96. The first-order valence-electron chi connectivity index (χ1n) is 9.60. The summed E-state index contributed by atoms with van der Waals surface area (Å²) in [5.41, 5.74) is 4.40. The molecule has 2 heterocycles. The quantitative estimate of drug-likeness (QED) is 0.798. The highest BCUT2D eigenvalue weighted by molar-refractivity contribution is 6.62. The molecule has 0 aliphatic carbocycles. The van der Waals surface area contributed by atoms with Crippen LogP contribution in [0, 0.1) is 6.92 Å². The lowest BCUT2D eigenvalue weighted by molar-refractivity contribution is 0.100. The molecule has 1 amide bonds. The SMILES string of the molecule is Cc1cc(N2CCOCC2)ccc1C(=O)Nc1ccc2c(c1)B(O)OC2(C)C. The van der Waals surface area contributed by atoms with Crippen LogP contribution in [0.5, 0.6) is 0 Å². The number of morpholine rings is 1. The summed E-state index contributed by atoms with van der Waals surface area (Å²) in [6.07, 6.45) is 0. The molecular weight excluding hydrogens is 355 g/mol. The first kappa shape index (κ1) is 19.0. The van der Waals surface area contributed by atoms with E-state index in [-0.39, 0.29) is 5.91 Å². The number of aryl methyl sites for hydroxylation is 1. The Labute approximate surface area is 165 Å². The second kappa shape index (κ2) is 7.24. The topological polar surface area (TPSA) is 71.0 Å². The first-order valence-corrected chi connectivity index (χ1v) is 9.60. The van der Waals surface area contributed by atoms with Gasteiger partial charge in [-0.3, -0.25) is 4.79 Å². The summed E-state index contributed by atoms with van der Waals surface area (Å²) in [5.74, 6) is -0.168. The summed E-state index contributed by atoms with van der Waals surface area (Å²) < 4.78 is 11.0. The lowest BCUT2D eigenvalue weighted by Gasteiger charge is -2.29. The lowest BCUT2D eigenvalue weighted by atomic mass is 9.78. The van der Waals surface area contributed by atoms with Crippen LogP contribution in [0.1, 0.15) is 35.3 Å². The van der Waals surface area contributed by atoms with Crippen molar-refractivity contribution < 1.29 is 19.2 Å². The van der Waals surface area contributed by atoms with Crippen LogP contribution in [0.15, 0.2) is 36.4 Å². The van der Waals surface area contributed by atoms with Crippen LogP contribution in [-0.2, 0) is 15.0 Å². The van der Waals surface area contributed by atoms with Crippen LogP contribution in [-0.4, -0.2) is 44.4 Å². The number of benzene rings is 2. The molecule has 0 unspecified atom stereocenters. The number of hydrogen-bond donors (Lipinski definition) is 2. The molecule has 2 N–H and O–H groups in total. The number of carbonyl (C=O) groups excluding carboxylic acids is 1. The zero-order chi connectivity index (χ0) is 19.9. The minimum Gasteiger partial charge on any atom is -0.423 e. The van der Waals surface area contributed by atoms with Crippen LogP contribution in [0.25, 0.3) is 0 Å². The van der Waals surface area contributed by atoms with E-state index in [1.807, 2.05) is 51.1 Å². The highest BCUT2D eigenvalue weighted by atomic mass is 16.5. The smallest absolute Gasteiger partial charge is 0.423 e. The molecule has 0 spiro atoms. The largest absolute Gasteiger partial charge is 0.492 e. The van der Waals surface area contributed by atoms with E-state index in [1.165, 1.54) is 0 Å². The van der Waals surface area contributed by atoms with Crippen molar-refractivity contribution in [3.05, 3.63) is 53.1 Å². The number of amides is 1. The predicted octanol–water partition coefficient (Wildman–Crippen LogP) is 2.04. The molecule has 4 rings (SSSR count). The van der Waals surface area contributed by atoms with Gasteiger partial charge in [0.25, 0.3) is 5.91 Å². The van der Waals surface area contributed by atoms with Crippen molar-refractivity contribution in [2.45, 2.75) is 26.4 Å². The summed E-state index contributed by atoms with van der Waals surface area (Å²) in [5, 5.41) is 13.1. The van der Waals surface area contributed by atoms with Crippen LogP contribution < -0.4 is 15.7 Å². The number of carbonyl (C=O) groups is 1. The fourth-order valence-corrected chi connectivity index (χ4v) is 3.92. The van der Waals surface area contributed by atoms with Gasteiger partial charge in [-0.05, 0) is 67.7 Å². The average Bonchev–Trinajstić information content (AvgIpc) is 2.90. The molecule has 1 fully saturated rings. The standard InChI is InChI=1S/C21H25BN2O4/c1-14-12-16(24-8-10-27-11-9-24)5-6-17(14)20(25)23-15-4-7-18-19(13-15)22(26)28-21(18,2)3/h4-7,12-13,26H,8-11H2,1-3H3,(H,23,25). The molecule has 0 radical (unpaired) electrons. The van der Waals surface area contributed by atoms with Crippen molar-refractivity contribution in [3.8, 4) is 0 Å². The number of nitrogens with one attached hydrogen (secondary N) is 1. The molecule has 0 atom stereocenters. The third-order valence-electron chi connectivity index (χ3n) is 5.46. The molecule has 0 saturated carbocycles. The third-order valence-corrected chi connectivity index (χ3v) is 5.46. The van der Waals surface area contributed by atoms with Crippen LogP contribution >= 0.6 is 0 Å². The van der Waals surface area contributed by atoms with Crippen molar-refractivity contribution in [2.75, 3.05) is 36.5 Å². The van der Waals surface area contributed by atoms with Gasteiger partial charge in [0.1, 0.15) is 0 Å². The molecule has 2 aliphatic heterocycles. The minimum absolute atomic E-state index is 0.168. The normalized spacial score (nSPS) is 18.1. The van der Waals surface area contributed by atoms with Crippen molar-refractivity contribution in [3.63, 3.8) is 0 Å². The van der Waals surface area contributed by atoms with E-state index in [1.54, 1.807) is 6.07 Å². The van der Waals surface area contributed by atoms with Crippen LogP contribution in [0.2, 0.25) is 0 Å². The van der Waals surface area contributed by atoms with E-state index in [0.717, 1.165) is 43.1 Å². The zero-order valence-electron chi connectivity index (χ0n) is 16.5. The molecule has 2 aliphatic rings. The second-order valence-electron chi connectivity index (χ2n) is 7.84. The maximum absolute atomic E-state index is 12.8. The summed E-state index contributed by atoms with van der Waals surface area (Å²) in [6, 6.07) is 11.4. The van der Waals surface area contributed by atoms with Crippen molar-refractivity contribution in [1.82, 2.24) is 0 Å². The van der Waals surface area contributed by atoms with Gasteiger partial charge in [-0.2, -0.15) is 0 Å². The van der Waals surface area contributed by atoms with E-state index in [9.17, 15) is 9.82 Å². The van der Waals surface area contributed by atoms with Crippen molar-refractivity contribution >= 4 is 29.9 Å². The van der Waals surface area contributed by atoms with Gasteiger partial charge in [0.15, 0.2) is 0 Å². The van der Waals surface area contributed by atoms with Gasteiger partial charge in [0.05, 0.1) is 18.8 Å². The Hall–Kier alpha value is -2.35. The van der Waals surface area contributed by atoms with E-state index in [2.05, 4.69) is 10.2 Å². The number of ether oxygens (including phenoxy) is 1. The van der Waals surface area contributed by atoms with Gasteiger partial charge in [0, 0.05) is 30.0 Å². The van der Waals surface area contributed by atoms with Crippen molar-refractivity contribution in [2.24, 2.45) is 0 Å². The molecule has 1 saturated heterocycles. The number of nitrogens with zero attached hydrogens (tertiary/aromatic N) is 1. The fourth-order valence-electron chi connectivity index (χ4n) is 3.92. The Balaban J connectivity index is 1.52. The van der Waals surface area contributed by atoms with Crippen LogP contribution in [0.3, 0.4) is 0 Å². The zero-order valence-corrected chi connectivity index (χ0v) is 16.5. The first-order chi connectivity index (χ1) is 13.3. The highest BCUT2D eigenvalue weighted by Crippen LogP contribution is 2.31. The van der Waals surface area contributed by atoms with Crippen LogP contribution in [0.4, 0.5) is 11.4 Å². The van der Waals surface area contributed by atoms with Gasteiger partial charge in [0.2, 0.25) is 0 Å². The molecule has 0 aromatic heterocycles. The monoisotopic (exact) mass is 380 g/mol. The molecular formula is C21H25BN2O4. The molecule has 0 bridgehead atoms. The second-order valence-corrected chi connectivity index (χ2v) is 7.84. The van der Waals surface area contributed by atoms with E-state index in [4.69, 9.17) is 9.39 Å². The summed E-state index contributed by atoms with van der Waals surface area (Å²) in [7, 11) is -0.976. The number of anilines is 2. The highest BCUT2D eigenvalue weighted by Gasteiger charge is 2.40. The van der Waals surface area contributed by atoms with E-state index in [0.29, 0.717) is 16.7 Å². The molecule has 7 heteroatoms. The maximum atomic E-state index is 12.8. The Morgan fingerprint density at radius 2 is 1.93 bits per heavy atom. The fraction of sp³-hybridized carbons (Fsp3) is 0.381. The number of rotatable bonds is 3. The maximum Gasteiger partial charge on any atom is 0.492 e. The average molecular weight is 380 g/mol. The number of hydrogen-bond acceptors (Lipinski definition) is 5. The molecule has 2 aromatic carbocycles. The predicted molar refractivity (Wildman–Crippen MR) is 110 cm³/mol. The molecule has 28 heavy (non-hydrogen) atoms. The van der Waals surface area contributed by atoms with Crippen molar-refractivity contribution in [1.29, 1.82) is 0 Å². The Kier molecular flexibility index (Phi) is 4.91. The molecule has 2 aromatic rings. The van der Waals surface area contributed by atoms with E-state index < -0.39 is 12.7 Å². The van der Waals surface area contributed by atoms with Gasteiger partial charge >= 0.3 is 7.12 Å². The van der Waals surface area contributed by atoms with Gasteiger partial charge in [-0.1, -0.05) is 6.07 Å². The summed E-state index contributed by atoms with van der Waals surface area (Å²) in [4.78, 5) is 15.1. The molecule has 6 nitrogen and oxygen atoms in total. The Morgan fingerprint density at radius 3 is 2.64 bits per heavy atom. The van der Waals surface area contributed by atoms with Gasteiger partial charge in [-0.25, -0.2) is 0 Å². The Bertz CT molecular complexity index is 909.